The molecule has 41 heavy (non-hydrogen) atoms. The molecule has 4 atom stereocenters. The monoisotopic (exact) mass is 560 g/mol. The summed E-state index contributed by atoms with van der Waals surface area (Å²) in [7, 11) is 0. The van der Waals surface area contributed by atoms with Gasteiger partial charge in [-0.05, 0) is 71.9 Å². The van der Waals surface area contributed by atoms with Gasteiger partial charge in [0.1, 0.15) is 5.82 Å². The summed E-state index contributed by atoms with van der Waals surface area (Å²) >= 11 is 0. The Morgan fingerprint density at radius 2 is 1.49 bits per heavy atom. The summed E-state index contributed by atoms with van der Waals surface area (Å²) in [6, 6.07) is 24.8. The number of nitrogens with one attached hydrogen (secondary N) is 1. The van der Waals surface area contributed by atoms with Crippen molar-refractivity contribution in [2.24, 2.45) is 11.8 Å². The van der Waals surface area contributed by atoms with Gasteiger partial charge < -0.3 is 25.5 Å². The van der Waals surface area contributed by atoms with Crippen molar-refractivity contribution in [3.05, 3.63) is 102 Å². The molecule has 7 nitrogen and oxygen atoms in total. The van der Waals surface area contributed by atoms with E-state index in [4.69, 9.17) is 5.11 Å². The lowest BCUT2D eigenvalue weighted by Gasteiger charge is -2.35. The number of carbonyl (C=O) groups excluding carboxylic acids is 1. The Labute approximate surface area is 240 Å². The average molecular weight is 561 g/mol. The van der Waals surface area contributed by atoms with Crippen LogP contribution in [0.5, 0.6) is 0 Å². The zero-order valence-corrected chi connectivity index (χ0v) is 23.3. The number of anilines is 1. The maximum absolute atomic E-state index is 14.1. The van der Waals surface area contributed by atoms with Crippen LogP contribution in [0.3, 0.4) is 0 Å². The second-order valence-electron chi connectivity index (χ2n) is 10.8. The summed E-state index contributed by atoms with van der Waals surface area (Å²) in [6.45, 7) is 4.43. The van der Waals surface area contributed by atoms with E-state index in [0.717, 1.165) is 22.4 Å². The Morgan fingerprint density at radius 1 is 0.878 bits per heavy atom. The predicted molar refractivity (Wildman–Crippen MR) is 157 cm³/mol. The van der Waals surface area contributed by atoms with Gasteiger partial charge in [-0.15, -0.1) is 0 Å². The van der Waals surface area contributed by atoms with Crippen LogP contribution >= 0.6 is 0 Å². The van der Waals surface area contributed by atoms with Gasteiger partial charge in [0.25, 0.3) is 0 Å². The fourth-order valence-corrected chi connectivity index (χ4v) is 5.70. The van der Waals surface area contributed by atoms with E-state index in [1.165, 1.54) is 12.1 Å². The molecule has 216 valence electrons. The van der Waals surface area contributed by atoms with Gasteiger partial charge in [0.05, 0.1) is 24.5 Å². The number of para-hydroxylation sites is 1. The smallest absolute Gasteiger partial charge is 0.305 e. The van der Waals surface area contributed by atoms with Crippen LogP contribution in [0.25, 0.3) is 11.3 Å². The van der Waals surface area contributed by atoms with Gasteiger partial charge in [0.2, 0.25) is 5.91 Å². The number of aliphatic carboxylic acids is 1. The second-order valence-corrected chi connectivity index (χ2v) is 10.8. The van der Waals surface area contributed by atoms with Crippen LogP contribution < -0.4 is 5.32 Å². The van der Waals surface area contributed by atoms with Crippen molar-refractivity contribution in [3.63, 3.8) is 0 Å². The number of benzene rings is 3. The first-order chi connectivity index (χ1) is 19.7. The molecular formula is C33H37FN2O5. The summed E-state index contributed by atoms with van der Waals surface area (Å²) in [6.07, 6.45) is -2.41. The second kappa shape index (κ2) is 13.6. The van der Waals surface area contributed by atoms with Crippen molar-refractivity contribution in [1.82, 2.24) is 4.90 Å². The highest BCUT2D eigenvalue weighted by Gasteiger charge is 2.46. The largest absolute Gasteiger partial charge is 0.481 e. The van der Waals surface area contributed by atoms with Crippen molar-refractivity contribution >= 4 is 28.8 Å². The molecule has 0 saturated heterocycles. The van der Waals surface area contributed by atoms with Crippen molar-refractivity contribution in [2.75, 3.05) is 11.9 Å². The zero-order chi connectivity index (χ0) is 29.5. The third-order valence-corrected chi connectivity index (χ3v) is 7.42. The number of aliphatic hydroxyl groups excluding tert-OH is 2. The number of hydrogen-bond acceptors (Lipinski definition) is 5. The standard InChI is InChI=1S/C33H37FN2O5/c1-21(2)31-30(33(41)35-25-11-7-4-8-12-25)29(22-9-5-3-6-10-22)32(23-13-15-24(34)16-14-23)36(31)18-17-26(37)19-27(38)20-28(39)40/h3-16,21,26-27,30-31,37-38H,17-20H2,1-2H3,(H,35,41)(H,39,40)/t26-,27+,30+,31-/m0/s1. The molecule has 0 unspecified atom stereocenters. The molecular weight excluding hydrogens is 523 g/mol. The molecule has 3 aromatic rings. The van der Waals surface area contributed by atoms with Crippen molar-refractivity contribution in [2.45, 2.75) is 51.4 Å². The van der Waals surface area contributed by atoms with Gasteiger partial charge in [-0.2, -0.15) is 0 Å². The Morgan fingerprint density at radius 3 is 2.07 bits per heavy atom. The van der Waals surface area contributed by atoms with Crippen molar-refractivity contribution in [3.8, 4) is 0 Å². The molecule has 0 fully saturated rings. The van der Waals surface area contributed by atoms with Gasteiger partial charge in [-0.1, -0.05) is 62.4 Å². The number of carboxylic acids is 1. The molecule has 8 heteroatoms. The average Bonchev–Trinajstić information content (AvgIpc) is 3.28. The summed E-state index contributed by atoms with van der Waals surface area (Å²) in [5.41, 5.74) is 3.88. The highest BCUT2D eigenvalue weighted by atomic mass is 19.1. The predicted octanol–water partition coefficient (Wildman–Crippen LogP) is 5.27. The summed E-state index contributed by atoms with van der Waals surface area (Å²) in [4.78, 5) is 27.2. The molecule has 4 rings (SSSR count). The van der Waals surface area contributed by atoms with E-state index in [0.29, 0.717) is 12.2 Å². The van der Waals surface area contributed by atoms with E-state index in [9.17, 15) is 24.2 Å². The van der Waals surface area contributed by atoms with Crippen LogP contribution in [0.4, 0.5) is 10.1 Å². The van der Waals surface area contributed by atoms with Gasteiger partial charge in [-0.25, -0.2) is 4.39 Å². The lowest BCUT2D eigenvalue weighted by Crippen LogP contribution is -2.43. The highest BCUT2D eigenvalue weighted by Crippen LogP contribution is 2.48. The summed E-state index contributed by atoms with van der Waals surface area (Å²) in [5.74, 6) is -2.26. The third kappa shape index (κ3) is 7.39. The van der Waals surface area contributed by atoms with Crippen LogP contribution in [0.1, 0.15) is 44.2 Å². The lowest BCUT2D eigenvalue weighted by molar-refractivity contribution is -0.139. The van der Waals surface area contributed by atoms with E-state index < -0.39 is 30.5 Å². The molecule has 0 aliphatic carbocycles. The van der Waals surface area contributed by atoms with Crippen LogP contribution in [-0.4, -0.2) is 56.9 Å². The molecule has 0 saturated carbocycles. The van der Waals surface area contributed by atoms with E-state index in [1.807, 2.05) is 74.5 Å². The molecule has 0 aromatic heterocycles. The Hall–Kier alpha value is -4.01. The maximum atomic E-state index is 14.1. The molecule has 0 spiro atoms. The van der Waals surface area contributed by atoms with Gasteiger partial charge in [0.15, 0.2) is 0 Å². The molecule has 1 heterocycles. The van der Waals surface area contributed by atoms with Crippen LogP contribution in [-0.2, 0) is 9.59 Å². The van der Waals surface area contributed by atoms with Gasteiger partial charge in [0, 0.05) is 24.0 Å². The van der Waals surface area contributed by atoms with Crippen molar-refractivity contribution in [1.29, 1.82) is 0 Å². The van der Waals surface area contributed by atoms with Crippen LogP contribution in [0, 0.1) is 17.7 Å². The molecule has 1 aliphatic rings. The normalized spacial score (nSPS) is 18.4. The number of aliphatic hydroxyl groups is 2. The van der Waals surface area contributed by atoms with E-state index in [1.54, 1.807) is 12.1 Å². The van der Waals surface area contributed by atoms with Crippen molar-refractivity contribution < 1.29 is 29.3 Å². The van der Waals surface area contributed by atoms with Gasteiger partial charge in [-0.3, -0.25) is 9.59 Å². The summed E-state index contributed by atoms with van der Waals surface area (Å²) in [5, 5.41) is 32.9. The number of halogens is 1. The first-order valence-electron chi connectivity index (χ1n) is 13.9. The number of nitrogens with zero attached hydrogens (tertiary/aromatic N) is 1. The van der Waals surface area contributed by atoms with E-state index >= 15 is 0 Å². The van der Waals surface area contributed by atoms with Crippen LogP contribution in [0.2, 0.25) is 0 Å². The maximum Gasteiger partial charge on any atom is 0.305 e. The Balaban J connectivity index is 1.79. The minimum absolute atomic E-state index is 0.00734. The Kier molecular flexibility index (Phi) is 9.91. The van der Waals surface area contributed by atoms with Crippen LogP contribution in [0.15, 0.2) is 84.9 Å². The first-order valence-corrected chi connectivity index (χ1v) is 13.9. The number of amides is 1. The number of carbonyl (C=O) groups is 2. The lowest BCUT2D eigenvalue weighted by atomic mass is 9.83. The topological polar surface area (TPSA) is 110 Å². The highest BCUT2D eigenvalue weighted by molar-refractivity contribution is 6.08. The minimum atomic E-state index is -1.17. The van der Waals surface area contributed by atoms with E-state index in [-0.39, 0.29) is 36.5 Å². The number of rotatable bonds is 12. The van der Waals surface area contributed by atoms with Gasteiger partial charge >= 0.3 is 5.97 Å². The molecule has 0 bridgehead atoms. The molecule has 4 N–H and O–H groups in total. The molecule has 3 aromatic carbocycles. The minimum Gasteiger partial charge on any atom is -0.481 e. The molecule has 1 amide bonds. The number of hydrogen-bond donors (Lipinski definition) is 4. The fourth-order valence-electron chi connectivity index (χ4n) is 5.70. The fraction of sp³-hybridized carbons (Fsp3) is 0.333. The SMILES string of the molecule is CC(C)[C@H]1[C@H](C(=O)Nc2ccccc2)C(c2ccccc2)=C(c2ccc(F)cc2)N1CC[C@H](O)C[C@@H](O)CC(=O)O. The molecule has 1 aliphatic heterocycles. The quantitative estimate of drug-likeness (QED) is 0.240. The zero-order valence-electron chi connectivity index (χ0n) is 23.3. The third-order valence-electron chi connectivity index (χ3n) is 7.42. The number of carboxylic acid groups (broad SMARTS) is 1. The Bertz CT molecular complexity index is 1350. The molecule has 0 radical (unpaired) electrons. The summed E-state index contributed by atoms with van der Waals surface area (Å²) < 4.78 is 14.0. The van der Waals surface area contributed by atoms with E-state index in [2.05, 4.69) is 10.2 Å². The first kappa shape index (κ1) is 30.0.